The third-order valence-electron chi connectivity index (χ3n) is 3.41. The van der Waals surface area contributed by atoms with Crippen molar-refractivity contribution in [3.63, 3.8) is 0 Å². The molecular weight excluding hydrogens is 268 g/mol. The Bertz CT molecular complexity index is 430. The topological polar surface area (TPSA) is 59.6 Å². The van der Waals surface area contributed by atoms with Gasteiger partial charge in [-0.25, -0.2) is 4.79 Å². The van der Waals surface area contributed by atoms with E-state index in [0.717, 1.165) is 36.9 Å². The lowest BCUT2D eigenvalue weighted by Gasteiger charge is -2.08. The monoisotopic (exact) mass is 292 g/mol. The fourth-order valence-electron chi connectivity index (χ4n) is 1.90. The van der Waals surface area contributed by atoms with Gasteiger partial charge in [0.1, 0.15) is 5.75 Å². The number of rotatable bonds is 9. The quantitative estimate of drug-likeness (QED) is 0.687. The van der Waals surface area contributed by atoms with E-state index in [2.05, 4.69) is 10.6 Å². The highest BCUT2D eigenvalue weighted by molar-refractivity contribution is 5.73. The van der Waals surface area contributed by atoms with E-state index in [-0.39, 0.29) is 6.03 Å². The Hall–Kier alpha value is -1.75. The van der Waals surface area contributed by atoms with Gasteiger partial charge in [0.2, 0.25) is 0 Å². The number of urea groups is 1. The summed E-state index contributed by atoms with van der Waals surface area (Å²) in [5.74, 6) is 1.61. The standard InChI is InChI=1S/C16H24N2O3/c1-20-15-7-5-13(6-8-15)11-18-16(19)17-9-2-10-21-12-14-3-4-14/h5-8,14H,2-4,9-12H2,1H3,(H2,17,18,19). The minimum absolute atomic E-state index is 0.145. The van der Waals surface area contributed by atoms with E-state index >= 15 is 0 Å². The number of ether oxygens (including phenoxy) is 2. The average molecular weight is 292 g/mol. The molecule has 116 valence electrons. The molecule has 1 aromatic rings. The molecule has 0 radical (unpaired) electrons. The highest BCUT2D eigenvalue weighted by Gasteiger charge is 2.20. The Labute approximate surface area is 126 Å². The van der Waals surface area contributed by atoms with Gasteiger partial charge < -0.3 is 20.1 Å². The second-order valence-electron chi connectivity index (χ2n) is 5.33. The number of hydrogen-bond acceptors (Lipinski definition) is 3. The molecule has 0 atom stereocenters. The molecule has 21 heavy (non-hydrogen) atoms. The number of nitrogens with one attached hydrogen (secondary N) is 2. The van der Waals surface area contributed by atoms with Crippen LogP contribution in [0, 0.1) is 5.92 Å². The predicted octanol–water partition coefficient (Wildman–Crippen LogP) is 2.31. The molecule has 2 amide bonds. The predicted molar refractivity (Wildman–Crippen MR) is 81.4 cm³/mol. The summed E-state index contributed by atoms with van der Waals surface area (Å²) in [5.41, 5.74) is 1.04. The molecule has 1 aromatic carbocycles. The van der Waals surface area contributed by atoms with Gasteiger partial charge in [0.15, 0.2) is 0 Å². The maximum atomic E-state index is 11.6. The third-order valence-corrected chi connectivity index (χ3v) is 3.41. The summed E-state index contributed by atoms with van der Waals surface area (Å²) < 4.78 is 10.6. The maximum Gasteiger partial charge on any atom is 0.315 e. The van der Waals surface area contributed by atoms with Crippen LogP contribution in [0.25, 0.3) is 0 Å². The lowest BCUT2D eigenvalue weighted by atomic mass is 10.2. The average Bonchev–Trinajstić information content (AvgIpc) is 3.33. The first-order chi connectivity index (χ1) is 10.3. The van der Waals surface area contributed by atoms with Crippen molar-refractivity contribution in [1.29, 1.82) is 0 Å². The third kappa shape index (κ3) is 6.49. The fourth-order valence-corrected chi connectivity index (χ4v) is 1.90. The number of carbonyl (C=O) groups excluding carboxylic acids is 1. The summed E-state index contributed by atoms with van der Waals surface area (Å²) in [6, 6.07) is 7.49. The summed E-state index contributed by atoms with van der Waals surface area (Å²) >= 11 is 0. The molecular formula is C16H24N2O3. The van der Waals surface area contributed by atoms with Crippen LogP contribution in [0.4, 0.5) is 4.79 Å². The zero-order chi connectivity index (χ0) is 14.9. The summed E-state index contributed by atoms with van der Waals surface area (Å²) in [5, 5.41) is 5.65. The molecule has 0 aliphatic heterocycles. The van der Waals surface area contributed by atoms with Crippen molar-refractivity contribution < 1.29 is 14.3 Å². The number of methoxy groups -OCH3 is 1. The Morgan fingerprint density at radius 3 is 2.67 bits per heavy atom. The van der Waals surface area contributed by atoms with Crippen molar-refractivity contribution in [2.45, 2.75) is 25.8 Å². The minimum Gasteiger partial charge on any atom is -0.497 e. The maximum absolute atomic E-state index is 11.6. The van der Waals surface area contributed by atoms with Crippen molar-refractivity contribution >= 4 is 6.03 Å². The van der Waals surface area contributed by atoms with Crippen LogP contribution in [0.2, 0.25) is 0 Å². The minimum atomic E-state index is -0.145. The van der Waals surface area contributed by atoms with Gasteiger partial charge in [-0.1, -0.05) is 12.1 Å². The van der Waals surface area contributed by atoms with Crippen LogP contribution >= 0.6 is 0 Å². The first-order valence-electron chi connectivity index (χ1n) is 7.50. The molecule has 0 spiro atoms. The summed E-state index contributed by atoms with van der Waals surface area (Å²) in [7, 11) is 1.63. The molecule has 0 saturated heterocycles. The van der Waals surface area contributed by atoms with E-state index in [1.54, 1.807) is 7.11 Å². The van der Waals surface area contributed by atoms with Gasteiger partial charge in [-0.05, 0) is 42.9 Å². The summed E-state index contributed by atoms with van der Waals surface area (Å²) in [6.45, 7) is 2.74. The lowest BCUT2D eigenvalue weighted by molar-refractivity contribution is 0.122. The molecule has 1 fully saturated rings. The largest absolute Gasteiger partial charge is 0.497 e. The SMILES string of the molecule is COc1ccc(CNC(=O)NCCCOCC2CC2)cc1. The zero-order valence-electron chi connectivity index (χ0n) is 12.6. The summed E-state index contributed by atoms with van der Waals surface area (Å²) in [4.78, 5) is 11.6. The number of benzene rings is 1. The van der Waals surface area contributed by atoms with E-state index in [9.17, 15) is 4.79 Å². The first-order valence-corrected chi connectivity index (χ1v) is 7.50. The molecule has 5 nitrogen and oxygen atoms in total. The van der Waals surface area contributed by atoms with Gasteiger partial charge >= 0.3 is 6.03 Å². The molecule has 5 heteroatoms. The molecule has 1 aliphatic rings. The van der Waals surface area contributed by atoms with Crippen molar-refractivity contribution in [3.8, 4) is 5.75 Å². The van der Waals surface area contributed by atoms with Crippen molar-refractivity contribution in [1.82, 2.24) is 10.6 Å². The summed E-state index contributed by atoms with van der Waals surface area (Å²) in [6.07, 6.45) is 3.47. The Morgan fingerprint density at radius 2 is 2.00 bits per heavy atom. The van der Waals surface area contributed by atoms with Gasteiger partial charge in [-0.2, -0.15) is 0 Å². The van der Waals surface area contributed by atoms with Crippen LogP contribution in [0.3, 0.4) is 0 Å². The van der Waals surface area contributed by atoms with Gasteiger partial charge in [-0.15, -0.1) is 0 Å². The Kier molecular flexibility index (Phi) is 6.34. The van der Waals surface area contributed by atoms with E-state index in [4.69, 9.17) is 9.47 Å². The Morgan fingerprint density at radius 1 is 1.24 bits per heavy atom. The smallest absolute Gasteiger partial charge is 0.315 e. The van der Waals surface area contributed by atoms with Gasteiger partial charge in [0.05, 0.1) is 7.11 Å². The van der Waals surface area contributed by atoms with Crippen LogP contribution in [0.15, 0.2) is 24.3 Å². The Balaban J connectivity index is 1.49. The van der Waals surface area contributed by atoms with Crippen LogP contribution < -0.4 is 15.4 Å². The normalized spacial score (nSPS) is 13.8. The molecule has 0 aromatic heterocycles. The highest BCUT2D eigenvalue weighted by atomic mass is 16.5. The van der Waals surface area contributed by atoms with Gasteiger partial charge in [0, 0.05) is 26.3 Å². The van der Waals surface area contributed by atoms with Crippen LogP contribution in [0.1, 0.15) is 24.8 Å². The fraction of sp³-hybridized carbons (Fsp3) is 0.562. The van der Waals surface area contributed by atoms with Crippen molar-refractivity contribution in [3.05, 3.63) is 29.8 Å². The van der Waals surface area contributed by atoms with Gasteiger partial charge in [0.25, 0.3) is 0 Å². The lowest BCUT2D eigenvalue weighted by Crippen LogP contribution is -2.35. The van der Waals surface area contributed by atoms with E-state index in [0.29, 0.717) is 13.1 Å². The zero-order valence-corrected chi connectivity index (χ0v) is 12.6. The first kappa shape index (κ1) is 15.6. The highest BCUT2D eigenvalue weighted by Crippen LogP contribution is 2.28. The number of amides is 2. The van der Waals surface area contributed by atoms with E-state index in [1.165, 1.54) is 12.8 Å². The van der Waals surface area contributed by atoms with E-state index < -0.39 is 0 Å². The van der Waals surface area contributed by atoms with Crippen LogP contribution in [0.5, 0.6) is 5.75 Å². The molecule has 0 unspecified atom stereocenters. The molecule has 1 saturated carbocycles. The molecule has 0 heterocycles. The second-order valence-corrected chi connectivity index (χ2v) is 5.33. The van der Waals surface area contributed by atoms with Gasteiger partial charge in [-0.3, -0.25) is 0 Å². The molecule has 0 bridgehead atoms. The number of hydrogen-bond donors (Lipinski definition) is 2. The molecule has 2 N–H and O–H groups in total. The number of carbonyl (C=O) groups is 1. The van der Waals surface area contributed by atoms with Crippen molar-refractivity contribution in [2.75, 3.05) is 26.9 Å². The van der Waals surface area contributed by atoms with Crippen LogP contribution in [-0.2, 0) is 11.3 Å². The molecule has 2 rings (SSSR count). The van der Waals surface area contributed by atoms with Crippen molar-refractivity contribution in [2.24, 2.45) is 5.92 Å². The van der Waals surface area contributed by atoms with E-state index in [1.807, 2.05) is 24.3 Å². The second kappa shape index (κ2) is 8.52. The van der Waals surface area contributed by atoms with Crippen LogP contribution in [-0.4, -0.2) is 32.9 Å². The molecule has 1 aliphatic carbocycles.